The molecule has 0 fully saturated rings. The molecule has 1 aliphatic carbocycles. The molecule has 0 atom stereocenters. The number of thiazole rings is 1. The Balaban J connectivity index is 2.54. The Kier molecular flexibility index (Phi) is 3.66. The summed E-state index contributed by atoms with van der Waals surface area (Å²) in [6.45, 7) is 0. The highest BCUT2D eigenvalue weighted by Crippen LogP contribution is 2.37. The van der Waals surface area contributed by atoms with Gasteiger partial charge in [-0.25, -0.2) is 4.98 Å². The summed E-state index contributed by atoms with van der Waals surface area (Å²) in [5, 5.41) is 0.163. The summed E-state index contributed by atoms with van der Waals surface area (Å²) in [5.74, 6) is -1.20. The summed E-state index contributed by atoms with van der Waals surface area (Å²) in [5.41, 5.74) is 5.17. The summed E-state index contributed by atoms with van der Waals surface area (Å²) >= 11 is 12.9. The van der Waals surface area contributed by atoms with Gasteiger partial charge in [-0.15, -0.1) is 0 Å². The van der Waals surface area contributed by atoms with Crippen LogP contribution in [0.15, 0.2) is 22.0 Å². The number of hydrogen-bond acceptors (Lipinski definition) is 6. The van der Waals surface area contributed by atoms with Gasteiger partial charge in [-0.1, -0.05) is 34.5 Å². The molecule has 0 aliphatic heterocycles. The first-order valence-electron chi connectivity index (χ1n) is 5.12. The summed E-state index contributed by atoms with van der Waals surface area (Å²) in [6.07, 6.45) is 1.48. The van der Waals surface area contributed by atoms with Gasteiger partial charge < -0.3 is 10.6 Å². The molecule has 100 valence electrons. The number of allylic oxidation sites excluding steroid dienone is 3. The summed E-state index contributed by atoms with van der Waals surface area (Å²) in [6, 6.07) is 0. The van der Waals surface area contributed by atoms with Crippen molar-refractivity contribution in [1.29, 1.82) is 0 Å². The first kappa shape index (κ1) is 14.0. The van der Waals surface area contributed by atoms with Crippen molar-refractivity contribution < 1.29 is 9.59 Å². The molecule has 0 unspecified atom stereocenters. The fraction of sp³-hybridized carbons (Fsp3) is 0.182. The van der Waals surface area contributed by atoms with E-state index in [9.17, 15) is 9.59 Å². The molecule has 0 bridgehead atoms. The van der Waals surface area contributed by atoms with Crippen LogP contribution in [-0.4, -0.2) is 30.6 Å². The number of rotatable bonds is 2. The van der Waals surface area contributed by atoms with Crippen molar-refractivity contribution in [2.24, 2.45) is 5.73 Å². The van der Waals surface area contributed by atoms with Crippen LogP contribution >= 0.6 is 34.5 Å². The van der Waals surface area contributed by atoms with E-state index < -0.39 is 11.6 Å². The SMILES string of the molecule is CN(C)c1ncc(C2=C(Cl)C(=O)C(N)=C(Cl)C2=O)s1. The summed E-state index contributed by atoms with van der Waals surface area (Å²) in [4.78, 5) is 30.2. The van der Waals surface area contributed by atoms with Crippen LogP contribution in [0.2, 0.25) is 0 Å². The number of ketones is 2. The second-order valence-corrected chi connectivity index (χ2v) is 5.74. The zero-order chi connectivity index (χ0) is 14.3. The van der Waals surface area contributed by atoms with Gasteiger partial charge in [-0.3, -0.25) is 9.59 Å². The number of hydrogen-bond donors (Lipinski definition) is 1. The van der Waals surface area contributed by atoms with Crippen LogP contribution in [0, 0.1) is 0 Å². The quantitative estimate of drug-likeness (QED) is 0.840. The standard InChI is InChI=1S/C11H9Cl2N3O2S/c1-16(2)11-15-3-4(19-11)5-6(12)10(18)8(14)7(13)9(5)17/h3H,14H2,1-2H3. The zero-order valence-corrected chi connectivity index (χ0v) is 12.4. The van der Waals surface area contributed by atoms with E-state index in [1.54, 1.807) is 4.90 Å². The van der Waals surface area contributed by atoms with E-state index >= 15 is 0 Å². The average molecular weight is 318 g/mol. The van der Waals surface area contributed by atoms with Crippen molar-refractivity contribution in [1.82, 2.24) is 4.98 Å². The van der Waals surface area contributed by atoms with Crippen LogP contribution in [0.1, 0.15) is 4.88 Å². The van der Waals surface area contributed by atoms with E-state index in [1.165, 1.54) is 17.5 Å². The molecule has 2 rings (SSSR count). The minimum absolute atomic E-state index is 0.0523. The van der Waals surface area contributed by atoms with Gasteiger partial charge in [0.25, 0.3) is 0 Å². The normalized spacial score (nSPS) is 16.4. The summed E-state index contributed by atoms with van der Waals surface area (Å²) in [7, 11) is 3.63. The van der Waals surface area contributed by atoms with Crippen molar-refractivity contribution in [2.75, 3.05) is 19.0 Å². The molecule has 0 saturated carbocycles. The Labute approximate surface area is 123 Å². The second-order valence-electron chi connectivity index (χ2n) is 3.98. The van der Waals surface area contributed by atoms with Crippen molar-refractivity contribution in [3.8, 4) is 0 Å². The Bertz CT molecular complexity index is 646. The average Bonchev–Trinajstić information content (AvgIpc) is 2.84. The molecule has 0 saturated heterocycles. The molecule has 5 nitrogen and oxygen atoms in total. The van der Waals surface area contributed by atoms with Gasteiger partial charge in [0.15, 0.2) is 5.13 Å². The topological polar surface area (TPSA) is 76.3 Å². The van der Waals surface area contributed by atoms with Crippen LogP contribution in [0.25, 0.3) is 5.57 Å². The molecular formula is C11H9Cl2N3O2S. The maximum Gasteiger partial charge on any atom is 0.222 e. The monoisotopic (exact) mass is 317 g/mol. The molecule has 0 aromatic carbocycles. The molecule has 0 spiro atoms. The van der Waals surface area contributed by atoms with Crippen molar-refractivity contribution in [2.45, 2.75) is 0 Å². The minimum atomic E-state index is -0.638. The number of Topliss-reactive ketones (excluding diaryl/α,β-unsaturated/α-hetero) is 2. The van der Waals surface area contributed by atoms with Gasteiger partial charge >= 0.3 is 0 Å². The molecule has 1 aromatic heterocycles. The molecule has 8 heteroatoms. The van der Waals surface area contributed by atoms with E-state index in [0.717, 1.165) is 0 Å². The Morgan fingerprint density at radius 3 is 2.37 bits per heavy atom. The maximum atomic E-state index is 12.1. The van der Waals surface area contributed by atoms with Gasteiger partial charge in [0.1, 0.15) is 15.8 Å². The Morgan fingerprint density at radius 1 is 1.21 bits per heavy atom. The van der Waals surface area contributed by atoms with Crippen LogP contribution in [0.3, 0.4) is 0 Å². The largest absolute Gasteiger partial charge is 0.394 e. The highest BCUT2D eigenvalue weighted by Gasteiger charge is 2.33. The number of anilines is 1. The molecule has 1 heterocycles. The number of halogens is 2. The highest BCUT2D eigenvalue weighted by atomic mass is 35.5. The van der Waals surface area contributed by atoms with Gasteiger partial charge in [-0.2, -0.15) is 0 Å². The van der Waals surface area contributed by atoms with Crippen molar-refractivity contribution in [3.05, 3.63) is 26.8 Å². The lowest BCUT2D eigenvalue weighted by molar-refractivity contribution is -0.114. The van der Waals surface area contributed by atoms with E-state index in [-0.39, 0.29) is 21.3 Å². The van der Waals surface area contributed by atoms with E-state index in [1.807, 2.05) is 14.1 Å². The fourth-order valence-electron chi connectivity index (χ4n) is 1.47. The first-order chi connectivity index (χ1) is 8.84. The minimum Gasteiger partial charge on any atom is -0.394 e. The fourth-order valence-corrected chi connectivity index (χ4v) is 2.88. The second kappa shape index (κ2) is 4.96. The van der Waals surface area contributed by atoms with Crippen LogP contribution < -0.4 is 10.6 Å². The number of carbonyl (C=O) groups is 2. The van der Waals surface area contributed by atoms with E-state index in [0.29, 0.717) is 10.0 Å². The summed E-state index contributed by atoms with van der Waals surface area (Å²) < 4.78 is 0. The predicted octanol–water partition coefficient (Wildman–Crippen LogP) is 1.72. The van der Waals surface area contributed by atoms with Crippen LogP contribution in [0.4, 0.5) is 5.13 Å². The number of aromatic nitrogens is 1. The lowest BCUT2D eigenvalue weighted by Gasteiger charge is -2.14. The van der Waals surface area contributed by atoms with Gasteiger partial charge in [0, 0.05) is 20.3 Å². The molecule has 1 aliphatic rings. The highest BCUT2D eigenvalue weighted by molar-refractivity contribution is 7.17. The third-order valence-electron chi connectivity index (χ3n) is 2.45. The molecule has 1 aromatic rings. The Morgan fingerprint density at radius 2 is 1.84 bits per heavy atom. The van der Waals surface area contributed by atoms with Crippen molar-refractivity contribution >= 4 is 56.8 Å². The molecular weight excluding hydrogens is 309 g/mol. The number of carbonyl (C=O) groups excluding carboxylic acids is 2. The van der Waals surface area contributed by atoms with E-state index in [2.05, 4.69) is 4.98 Å². The zero-order valence-electron chi connectivity index (χ0n) is 10.0. The van der Waals surface area contributed by atoms with Crippen LogP contribution in [-0.2, 0) is 9.59 Å². The predicted molar refractivity (Wildman–Crippen MR) is 76.3 cm³/mol. The molecule has 19 heavy (non-hydrogen) atoms. The maximum absolute atomic E-state index is 12.1. The number of nitrogens with zero attached hydrogens (tertiary/aromatic N) is 2. The lowest BCUT2D eigenvalue weighted by Crippen LogP contribution is -2.23. The first-order valence-corrected chi connectivity index (χ1v) is 6.69. The van der Waals surface area contributed by atoms with Gasteiger partial charge in [0.05, 0.1) is 10.5 Å². The number of nitrogens with two attached hydrogens (primary N) is 1. The molecule has 0 radical (unpaired) electrons. The van der Waals surface area contributed by atoms with Gasteiger partial charge in [-0.05, 0) is 0 Å². The smallest absolute Gasteiger partial charge is 0.222 e. The van der Waals surface area contributed by atoms with Gasteiger partial charge in [0.2, 0.25) is 11.6 Å². The third kappa shape index (κ3) is 2.27. The van der Waals surface area contributed by atoms with Crippen molar-refractivity contribution in [3.63, 3.8) is 0 Å². The van der Waals surface area contributed by atoms with Crippen LogP contribution in [0.5, 0.6) is 0 Å². The molecule has 2 N–H and O–H groups in total. The Hall–Kier alpha value is -1.37. The third-order valence-corrected chi connectivity index (χ3v) is 4.37. The van der Waals surface area contributed by atoms with E-state index in [4.69, 9.17) is 28.9 Å². The molecule has 0 amide bonds. The lowest BCUT2D eigenvalue weighted by atomic mass is 10.00.